The lowest BCUT2D eigenvalue weighted by molar-refractivity contribution is -0.0132. The Bertz CT molecular complexity index is 425. The molecular weight excluding hydrogens is 398 g/mol. The molecule has 170 valence electrons. The van der Waals surface area contributed by atoms with Gasteiger partial charge in [0.2, 0.25) is 0 Å². The second-order valence-corrected chi connectivity index (χ2v) is 7.84. The molecule has 2 aliphatic rings. The van der Waals surface area contributed by atoms with Crippen molar-refractivity contribution in [3.63, 3.8) is 0 Å². The van der Waals surface area contributed by atoms with E-state index in [-0.39, 0.29) is 31.9 Å². The smallest absolute Gasteiger partial charge is 0.410 e. The molecular formula is C18H37ClF2N2O5. The van der Waals surface area contributed by atoms with Crippen LogP contribution in [0.3, 0.4) is 0 Å². The van der Waals surface area contributed by atoms with Crippen LogP contribution in [0.4, 0.5) is 13.6 Å². The number of rotatable bonds is 2. The van der Waals surface area contributed by atoms with Gasteiger partial charge in [-0.05, 0) is 46.7 Å². The van der Waals surface area contributed by atoms with Gasteiger partial charge in [-0.3, -0.25) is 0 Å². The minimum Gasteiger partial charge on any atom is -0.444 e. The molecule has 0 bridgehead atoms. The first-order valence-electron chi connectivity index (χ1n) is 9.25. The zero-order valence-electron chi connectivity index (χ0n) is 17.3. The van der Waals surface area contributed by atoms with E-state index in [1.165, 1.54) is 4.90 Å². The molecule has 2 fully saturated rings. The van der Waals surface area contributed by atoms with Crippen LogP contribution in [0.15, 0.2) is 0 Å². The monoisotopic (exact) mass is 434 g/mol. The highest BCUT2D eigenvalue weighted by molar-refractivity contribution is 5.85. The molecule has 0 aromatic rings. The average Bonchev–Trinajstić information content (AvgIpc) is 2.64. The number of nitrogens with one attached hydrogen (secondary N) is 1. The molecule has 0 spiro atoms. The van der Waals surface area contributed by atoms with E-state index in [1.54, 1.807) is 20.8 Å². The summed E-state index contributed by atoms with van der Waals surface area (Å²) >= 11 is 0. The lowest BCUT2D eigenvalue weighted by Crippen LogP contribution is -2.47. The molecule has 28 heavy (non-hydrogen) atoms. The minimum absolute atomic E-state index is 0. The van der Waals surface area contributed by atoms with Gasteiger partial charge >= 0.3 is 6.09 Å². The summed E-state index contributed by atoms with van der Waals surface area (Å²) in [5, 5.41) is 27.4. The van der Waals surface area contributed by atoms with Crippen molar-refractivity contribution in [1.82, 2.24) is 10.2 Å². The first kappa shape index (κ1) is 29.5. The zero-order chi connectivity index (χ0) is 21.1. The Labute approximate surface area is 172 Å². The molecule has 0 radical (unpaired) electrons. The van der Waals surface area contributed by atoms with Gasteiger partial charge in [0.25, 0.3) is 0 Å². The maximum Gasteiger partial charge on any atom is 0.410 e. The molecule has 1 amide bonds. The molecule has 2 aliphatic heterocycles. The molecule has 4 N–H and O–H groups in total. The van der Waals surface area contributed by atoms with Crippen LogP contribution in [-0.4, -0.2) is 89.8 Å². The maximum absolute atomic E-state index is 13.6. The van der Waals surface area contributed by atoms with E-state index in [4.69, 9.17) is 20.1 Å². The quantitative estimate of drug-likeness (QED) is 0.528. The number of alkyl halides is 2. The van der Waals surface area contributed by atoms with Gasteiger partial charge < -0.3 is 30.3 Å². The highest BCUT2D eigenvalue weighted by atomic mass is 35.5. The number of carbonyl (C=O) groups is 1. The van der Waals surface area contributed by atoms with Gasteiger partial charge in [-0.1, -0.05) is 0 Å². The third-order valence-corrected chi connectivity index (χ3v) is 4.38. The van der Waals surface area contributed by atoms with Gasteiger partial charge in [0.1, 0.15) is 16.9 Å². The van der Waals surface area contributed by atoms with Crippen LogP contribution in [0.25, 0.3) is 0 Å². The maximum atomic E-state index is 13.6. The van der Waals surface area contributed by atoms with Gasteiger partial charge in [0.05, 0.1) is 13.2 Å². The summed E-state index contributed by atoms with van der Waals surface area (Å²) in [6.07, 6.45) is 0.825. The summed E-state index contributed by atoms with van der Waals surface area (Å²) < 4.78 is 31.8. The first-order chi connectivity index (χ1) is 12.5. The molecule has 10 heteroatoms. The SMILES string of the molecule is CC(C)(C)OC(=O)N1CCC(F)(CO)CC1.CO.Cl.OCC1(F)CCNCC1. The molecule has 0 saturated carbocycles. The lowest BCUT2D eigenvalue weighted by Gasteiger charge is -2.36. The predicted molar refractivity (Wildman–Crippen MR) is 106 cm³/mol. The van der Waals surface area contributed by atoms with Crippen LogP contribution >= 0.6 is 12.4 Å². The first-order valence-corrected chi connectivity index (χ1v) is 9.25. The summed E-state index contributed by atoms with van der Waals surface area (Å²) in [7, 11) is 1.00. The van der Waals surface area contributed by atoms with Gasteiger partial charge in [-0.2, -0.15) is 0 Å². The summed E-state index contributed by atoms with van der Waals surface area (Å²) in [5.74, 6) is 0. The highest BCUT2D eigenvalue weighted by Crippen LogP contribution is 2.26. The lowest BCUT2D eigenvalue weighted by atomic mass is 9.95. The van der Waals surface area contributed by atoms with Crippen molar-refractivity contribution in [3.05, 3.63) is 0 Å². The standard InChI is InChI=1S/C11H20FNO3.C6H12FNO.CH4O.ClH/c1-10(2,3)16-9(15)13-6-4-11(12,8-14)5-7-13;7-6(5-9)1-3-8-4-2-6;1-2;/h14H,4-8H2,1-3H3;8-9H,1-5H2;2H,1H3;1H. The number of carbonyl (C=O) groups excluding carboxylic acids is 1. The van der Waals surface area contributed by atoms with Crippen LogP contribution in [0.2, 0.25) is 0 Å². The second-order valence-electron chi connectivity index (χ2n) is 7.84. The number of nitrogens with zero attached hydrogens (tertiary/aromatic N) is 1. The zero-order valence-corrected chi connectivity index (χ0v) is 18.2. The molecule has 0 aromatic carbocycles. The highest BCUT2D eigenvalue weighted by Gasteiger charge is 2.36. The van der Waals surface area contributed by atoms with Gasteiger partial charge in [-0.25, -0.2) is 13.6 Å². The van der Waals surface area contributed by atoms with Crippen LogP contribution in [0.1, 0.15) is 46.5 Å². The summed E-state index contributed by atoms with van der Waals surface area (Å²) in [5.41, 5.74) is -3.35. The summed E-state index contributed by atoms with van der Waals surface area (Å²) in [6.45, 7) is 6.56. The van der Waals surface area contributed by atoms with Crippen LogP contribution in [0.5, 0.6) is 0 Å². The number of aliphatic hydroxyl groups is 3. The second kappa shape index (κ2) is 13.5. The Hall–Kier alpha value is -0.740. The van der Waals surface area contributed by atoms with E-state index in [1.807, 2.05) is 0 Å². The molecule has 0 unspecified atom stereocenters. The van der Waals surface area contributed by atoms with Crippen molar-refractivity contribution >= 4 is 18.5 Å². The number of likely N-dealkylation sites (tertiary alicyclic amines) is 1. The van der Waals surface area contributed by atoms with E-state index in [9.17, 15) is 13.6 Å². The van der Waals surface area contributed by atoms with Crippen LogP contribution < -0.4 is 5.32 Å². The number of amides is 1. The van der Waals surface area contributed by atoms with Crippen molar-refractivity contribution in [2.45, 2.75) is 63.4 Å². The normalized spacial score (nSPS) is 20.4. The fraction of sp³-hybridized carbons (Fsp3) is 0.944. The molecule has 2 heterocycles. The number of piperidine rings is 2. The summed E-state index contributed by atoms with van der Waals surface area (Å²) in [6, 6.07) is 0. The minimum atomic E-state index is -1.53. The number of hydrogen-bond acceptors (Lipinski definition) is 6. The molecule has 0 aliphatic carbocycles. The van der Waals surface area contributed by atoms with Crippen LogP contribution in [-0.2, 0) is 4.74 Å². The Morgan fingerprint density at radius 2 is 1.39 bits per heavy atom. The summed E-state index contributed by atoms with van der Waals surface area (Å²) in [4.78, 5) is 13.1. The Balaban J connectivity index is 0. The van der Waals surface area contributed by atoms with Crippen LogP contribution in [0, 0.1) is 0 Å². The van der Waals surface area contributed by atoms with E-state index < -0.39 is 29.6 Å². The molecule has 7 nitrogen and oxygen atoms in total. The van der Waals surface area contributed by atoms with E-state index >= 15 is 0 Å². The van der Waals surface area contributed by atoms with Crippen molar-refractivity contribution in [2.24, 2.45) is 0 Å². The fourth-order valence-electron chi connectivity index (χ4n) is 2.61. The number of aliphatic hydroxyl groups excluding tert-OH is 3. The topological polar surface area (TPSA) is 102 Å². The third-order valence-electron chi connectivity index (χ3n) is 4.38. The fourth-order valence-corrected chi connectivity index (χ4v) is 2.61. The predicted octanol–water partition coefficient (Wildman–Crippen LogP) is 1.82. The Kier molecular flexibility index (Phi) is 14.2. The van der Waals surface area contributed by atoms with Crippen molar-refractivity contribution in [1.29, 1.82) is 0 Å². The molecule has 0 aromatic heterocycles. The van der Waals surface area contributed by atoms with Crippen molar-refractivity contribution in [2.75, 3.05) is 46.5 Å². The molecule has 0 atom stereocenters. The largest absolute Gasteiger partial charge is 0.444 e. The number of ether oxygens (including phenoxy) is 1. The van der Waals surface area contributed by atoms with E-state index in [0.717, 1.165) is 7.11 Å². The van der Waals surface area contributed by atoms with Crippen molar-refractivity contribution in [3.8, 4) is 0 Å². The Morgan fingerprint density at radius 3 is 1.71 bits per heavy atom. The van der Waals surface area contributed by atoms with Gasteiger partial charge in [0, 0.05) is 33.0 Å². The third kappa shape index (κ3) is 11.3. The Morgan fingerprint density at radius 1 is 1.00 bits per heavy atom. The number of hydrogen-bond donors (Lipinski definition) is 4. The molecule has 2 rings (SSSR count). The van der Waals surface area contributed by atoms with E-state index in [2.05, 4.69) is 5.32 Å². The average molecular weight is 435 g/mol. The number of halogens is 3. The molecule has 2 saturated heterocycles. The van der Waals surface area contributed by atoms with Crippen molar-refractivity contribution < 1.29 is 33.6 Å². The van der Waals surface area contributed by atoms with Gasteiger partial charge in [-0.15, -0.1) is 12.4 Å². The van der Waals surface area contributed by atoms with Gasteiger partial charge in [0.15, 0.2) is 0 Å². The van der Waals surface area contributed by atoms with E-state index in [0.29, 0.717) is 39.0 Å².